The van der Waals surface area contributed by atoms with Crippen LogP contribution in [0.2, 0.25) is 0 Å². The molecular weight excluding hydrogens is 761 g/mol. The van der Waals surface area contributed by atoms with Crippen molar-refractivity contribution in [2.45, 2.75) is 21.1 Å². The lowest BCUT2D eigenvalue weighted by Crippen LogP contribution is -2.43. The van der Waals surface area contributed by atoms with Gasteiger partial charge in [0, 0.05) is 43.2 Å². The topological polar surface area (TPSA) is 86.4 Å². The molecule has 0 N–H and O–H groups in total. The van der Waals surface area contributed by atoms with Crippen molar-refractivity contribution in [1.82, 2.24) is 0 Å². The Bertz CT molecular complexity index is 2260. The minimum atomic E-state index is -1.45. The van der Waals surface area contributed by atoms with Crippen LogP contribution < -0.4 is 18.9 Å². The van der Waals surface area contributed by atoms with Crippen molar-refractivity contribution in [2.24, 2.45) is 20.0 Å². The molecule has 0 radical (unpaired) electrons. The molecule has 2 heterocycles. The highest BCUT2D eigenvalue weighted by Gasteiger charge is 2.61. The Morgan fingerprint density at radius 2 is 0.586 bits per heavy atom. The largest absolute Gasteiger partial charge is 0.497 e. The number of rotatable bonds is 13. The maximum absolute atomic E-state index is 5.91. The van der Waals surface area contributed by atoms with Gasteiger partial charge in [-0.25, -0.2) is 20.0 Å². The summed E-state index contributed by atoms with van der Waals surface area (Å²) in [7, 11) is 6.67. The summed E-state index contributed by atoms with van der Waals surface area (Å²) in [5.74, 6) is 2.97. The van der Waals surface area contributed by atoms with Gasteiger partial charge in [-0.15, -0.1) is 23.5 Å². The van der Waals surface area contributed by atoms with Crippen molar-refractivity contribution in [3.63, 3.8) is 0 Å². The molecule has 6 aromatic rings. The SMILES string of the molecule is COc1ccc(C2=NC(c3ccccc3SC)(C3(c4ccccc4SC)N=C(c4ccc(OC)cc4)C(c4ccc(OC)cc4)=N3)N=C2c2ccc(OC)cc2)cc1. The number of thioether (sulfide) groups is 2. The Morgan fingerprint density at radius 1 is 0.345 bits per heavy atom. The number of hydrogen-bond acceptors (Lipinski definition) is 10. The van der Waals surface area contributed by atoms with Crippen LogP contribution in [0.5, 0.6) is 23.0 Å². The van der Waals surface area contributed by atoms with E-state index < -0.39 is 11.3 Å². The minimum absolute atomic E-state index is 0.707. The molecule has 6 aromatic carbocycles. The van der Waals surface area contributed by atoms with E-state index >= 15 is 0 Å². The van der Waals surface area contributed by atoms with Crippen molar-refractivity contribution < 1.29 is 18.9 Å². The number of hydrogen-bond donors (Lipinski definition) is 0. The van der Waals surface area contributed by atoms with Crippen LogP contribution in [0.3, 0.4) is 0 Å². The van der Waals surface area contributed by atoms with Gasteiger partial charge in [-0.2, -0.15) is 0 Å². The van der Waals surface area contributed by atoms with E-state index in [1.807, 2.05) is 109 Å². The van der Waals surface area contributed by atoms with Crippen LogP contribution in [0.1, 0.15) is 33.4 Å². The molecule has 290 valence electrons. The molecule has 2 aliphatic rings. The lowest BCUT2D eigenvalue weighted by molar-refractivity contribution is 0.249. The molecule has 0 aliphatic carbocycles. The third kappa shape index (κ3) is 6.76. The highest BCUT2D eigenvalue weighted by atomic mass is 32.2. The van der Waals surface area contributed by atoms with Gasteiger partial charge in [0.05, 0.1) is 51.3 Å². The fourth-order valence-electron chi connectivity index (χ4n) is 7.50. The molecule has 8 nitrogen and oxygen atoms in total. The Balaban J connectivity index is 1.54. The van der Waals surface area contributed by atoms with Crippen LogP contribution in [0.4, 0.5) is 0 Å². The first-order chi connectivity index (χ1) is 28.4. The zero-order valence-corrected chi connectivity index (χ0v) is 34.7. The highest BCUT2D eigenvalue weighted by molar-refractivity contribution is 7.98. The maximum atomic E-state index is 5.91. The summed E-state index contributed by atoms with van der Waals surface area (Å²) in [6.07, 6.45) is 4.16. The Morgan fingerprint density at radius 3 is 0.810 bits per heavy atom. The van der Waals surface area contributed by atoms with Gasteiger partial charge in [-0.3, -0.25) is 0 Å². The molecule has 10 heteroatoms. The second-order valence-electron chi connectivity index (χ2n) is 13.5. The molecule has 0 bridgehead atoms. The molecule has 0 spiro atoms. The van der Waals surface area contributed by atoms with E-state index in [0.717, 1.165) is 66.2 Å². The van der Waals surface area contributed by atoms with Gasteiger partial charge in [0.2, 0.25) is 11.3 Å². The van der Waals surface area contributed by atoms with Crippen molar-refractivity contribution in [2.75, 3.05) is 41.0 Å². The molecule has 0 saturated heterocycles. The summed E-state index contributed by atoms with van der Waals surface area (Å²) in [6.45, 7) is 0. The number of methoxy groups -OCH3 is 4. The first-order valence-corrected chi connectivity index (χ1v) is 21.1. The molecule has 2 aliphatic heterocycles. The molecule has 0 saturated carbocycles. The third-order valence-corrected chi connectivity index (χ3v) is 12.0. The third-order valence-electron chi connectivity index (χ3n) is 10.4. The maximum Gasteiger partial charge on any atom is 0.227 e. The van der Waals surface area contributed by atoms with E-state index in [1.165, 1.54) is 0 Å². The van der Waals surface area contributed by atoms with Crippen LogP contribution in [-0.2, 0) is 11.3 Å². The second-order valence-corrected chi connectivity index (χ2v) is 15.2. The predicted molar refractivity (Wildman–Crippen MR) is 238 cm³/mol. The minimum Gasteiger partial charge on any atom is -0.497 e. The van der Waals surface area contributed by atoms with Gasteiger partial charge in [0.25, 0.3) is 0 Å². The van der Waals surface area contributed by atoms with E-state index in [1.54, 1.807) is 52.0 Å². The van der Waals surface area contributed by atoms with E-state index in [0.29, 0.717) is 22.8 Å². The van der Waals surface area contributed by atoms with Crippen LogP contribution in [0, 0.1) is 0 Å². The fourth-order valence-corrected chi connectivity index (χ4v) is 8.79. The van der Waals surface area contributed by atoms with Crippen molar-refractivity contribution >= 4 is 46.4 Å². The molecule has 0 fully saturated rings. The fraction of sp³-hybridized carbons (Fsp3) is 0.167. The van der Waals surface area contributed by atoms with E-state index in [4.69, 9.17) is 38.9 Å². The summed E-state index contributed by atoms with van der Waals surface area (Å²) in [4.78, 5) is 25.6. The summed E-state index contributed by atoms with van der Waals surface area (Å²) in [5.41, 5.74) is 5.21. The average molecular weight is 803 g/mol. The van der Waals surface area contributed by atoms with Crippen LogP contribution in [0.25, 0.3) is 0 Å². The lowest BCUT2D eigenvalue weighted by atomic mass is 9.82. The number of ether oxygens (including phenoxy) is 4. The first kappa shape index (κ1) is 38.8. The molecule has 0 aromatic heterocycles. The van der Waals surface area contributed by atoms with Gasteiger partial charge < -0.3 is 18.9 Å². The van der Waals surface area contributed by atoms with E-state index in [-0.39, 0.29) is 0 Å². The van der Waals surface area contributed by atoms with E-state index in [2.05, 4.69) is 48.9 Å². The van der Waals surface area contributed by atoms with Gasteiger partial charge in [0.1, 0.15) is 23.0 Å². The molecule has 0 atom stereocenters. The quantitative estimate of drug-likeness (QED) is 0.108. The smallest absolute Gasteiger partial charge is 0.227 e. The Labute approximate surface area is 347 Å². The summed E-state index contributed by atoms with van der Waals surface area (Å²) in [6, 6.07) is 48.5. The Hall–Kier alpha value is -6.10. The van der Waals surface area contributed by atoms with Crippen LogP contribution in [-0.4, -0.2) is 63.8 Å². The zero-order valence-electron chi connectivity index (χ0n) is 33.1. The van der Waals surface area contributed by atoms with Gasteiger partial charge in [-0.1, -0.05) is 36.4 Å². The number of nitrogens with zero attached hydrogens (tertiary/aromatic N) is 4. The molecule has 0 amide bonds. The lowest BCUT2D eigenvalue weighted by Gasteiger charge is -2.39. The summed E-state index contributed by atoms with van der Waals surface area (Å²) in [5, 5.41) is 0. The van der Waals surface area contributed by atoms with Gasteiger partial charge in [0.15, 0.2) is 0 Å². The number of aliphatic imine (C=N–C) groups is 4. The number of benzene rings is 6. The predicted octanol–water partition coefficient (Wildman–Crippen LogP) is 10.2. The van der Waals surface area contributed by atoms with Crippen molar-refractivity contribution in [3.8, 4) is 23.0 Å². The molecular formula is C48H42N4O4S2. The zero-order chi connectivity index (χ0) is 40.3. The standard InChI is InChI=1S/C48H42N4O4S2/c1-53-35-23-15-31(16-24-35)43-44(32-17-25-36(54-2)26-18-32)50-47(49-43,39-11-7-9-13-41(39)57-5)48(40-12-8-10-14-42(40)58-6)51-45(33-19-27-37(55-3)28-20-33)46(52-48)34-21-29-38(56-4)30-22-34/h7-30H,1-6H3. The van der Waals surface area contributed by atoms with Crippen LogP contribution >= 0.6 is 23.5 Å². The average Bonchev–Trinajstić information content (AvgIpc) is 3.92. The molecule has 0 unspecified atom stereocenters. The second kappa shape index (κ2) is 16.4. The van der Waals surface area contributed by atoms with E-state index in [9.17, 15) is 0 Å². The highest BCUT2D eigenvalue weighted by Crippen LogP contribution is 2.57. The van der Waals surface area contributed by atoms with Crippen molar-refractivity contribution in [1.29, 1.82) is 0 Å². The summed E-state index contributed by atoms with van der Waals surface area (Å²) >= 11 is 3.30. The summed E-state index contributed by atoms with van der Waals surface area (Å²) < 4.78 is 22.3. The first-order valence-electron chi connectivity index (χ1n) is 18.7. The Kier molecular flexibility index (Phi) is 11.0. The molecule has 8 rings (SSSR count). The molecule has 58 heavy (non-hydrogen) atoms. The van der Waals surface area contributed by atoms with Gasteiger partial charge in [-0.05, 0) is 122 Å². The van der Waals surface area contributed by atoms with Gasteiger partial charge >= 0.3 is 0 Å². The van der Waals surface area contributed by atoms with Crippen LogP contribution in [0.15, 0.2) is 175 Å². The normalized spacial score (nSPS) is 15.2. The monoisotopic (exact) mass is 802 g/mol. The van der Waals surface area contributed by atoms with Crippen molar-refractivity contribution in [3.05, 3.63) is 179 Å².